The molecule has 0 aliphatic carbocycles. The molecular weight excluding hydrogens is 175 g/mol. The second kappa shape index (κ2) is 5.41. The van der Waals surface area contributed by atoms with Gasteiger partial charge in [0.2, 0.25) is 0 Å². The van der Waals surface area contributed by atoms with E-state index in [4.69, 9.17) is 0 Å². The van der Waals surface area contributed by atoms with Crippen LogP contribution in [0.15, 0.2) is 12.2 Å². The van der Waals surface area contributed by atoms with Gasteiger partial charge in [-0.2, -0.15) is 8.42 Å². The van der Waals surface area contributed by atoms with Gasteiger partial charge in [-0.05, 0) is 13.8 Å². The molecule has 0 heterocycles. The van der Waals surface area contributed by atoms with E-state index >= 15 is 0 Å². The van der Waals surface area contributed by atoms with Gasteiger partial charge in [-0.25, -0.2) is 4.79 Å². The van der Waals surface area contributed by atoms with Crippen molar-refractivity contribution in [3.05, 3.63) is 12.2 Å². The minimum absolute atomic E-state index is 0. The van der Waals surface area contributed by atoms with Gasteiger partial charge >= 0.3 is 34.9 Å². The Balaban J connectivity index is -0.000000500. The van der Waals surface area contributed by atoms with Crippen molar-refractivity contribution >= 4 is 16.1 Å². The van der Waals surface area contributed by atoms with Crippen LogP contribution in [0.4, 0.5) is 0 Å². The summed E-state index contributed by atoms with van der Waals surface area (Å²) >= 11 is 0. The Morgan fingerprint density at radius 2 is 2.00 bits per heavy atom. The maximum atomic E-state index is 10.6. The Bertz CT molecular complexity index is 272. The molecule has 0 unspecified atom stereocenters. The fourth-order valence-electron chi connectivity index (χ4n) is 0.245. The molecular formula is C6H11LiO4S. The predicted octanol–water partition coefficient (Wildman–Crippen LogP) is -2.43. The predicted molar refractivity (Wildman–Crippen MR) is 41.5 cm³/mol. The molecule has 0 atom stereocenters. The van der Waals surface area contributed by atoms with E-state index in [1.165, 1.54) is 13.8 Å². The fourth-order valence-corrected chi connectivity index (χ4v) is 0.736. The number of hydrogen-bond acceptors (Lipinski definition) is 4. The summed E-state index contributed by atoms with van der Waals surface area (Å²) in [5.41, 5.74) is 0.0713. The van der Waals surface area contributed by atoms with Crippen LogP contribution in [0, 0.1) is 0 Å². The zero-order chi connectivity index (χ0) is 9.07. The van der Waals surface area contributed by atoms with Gasteiger partial charge in [0.05, 0.1) is 5.75 Å². The van der Waals surface area contributed by atoms with Crippen molar-refractivity contribution in [1.82, 2.24) is 0 Å². The van der Waals surface area contributed by atoms with Crippen molar-refractivity contribution in [2.24, 2.45) is 0 Å². The van der Waals surface area contributed by atoms with Crippen LogP contribution in [0.2, 0.25) is 0 Å². The molecule has 6 heteroatoms. The summed E-state index contributed by atoms with van der Waals surface area (Å²) in [6.07, 6.45) is 0. The van der Waals surface area contributed by atoms with Crippen LogP contribution >= 0.6 is 0 Å². The Morgan fingerprint density at radius 3 is 2.25 bits per heavy atom. The van der Waals surface area contributed by atoms with E-state index < -0.39 is 16.1 Å². The topological polar surface area (TPSA) is 60.4 Å². The monoisotopic (exact) mass is 186 g/mol. The molecule has 0 saturated carbocycles. The Morgan fingerprint density at radius 1 is 1.58 bits per heavy atom. The van der Waals surface area contributed by atoms with Crippen LogP contribution < -0.4 is 18.9 Å². The first-order valence-corrected chi connectivity index (χ1v) is 4.58. The zero-order valence-corrected chi connectivity index (χ0v) is 8.27. The summed E-state index contributed by atoms with van der Waals surface area (Å²) in [5, 5.41) is 0. The van der Waals surface area contributed by atoms with E-state index in [-0.39, 0.29) is 31.6 Å². The van der Waals surface area contributed by atoms with Crippen LogP contribution in [0.3, 0.4) is 0 Å². The van der Waals surface area contributed by atoms with Gasteiger partial charge in [0.25, 0.3) is 0 Å². The molecule has 66 valence electrons. The van der Waals surface area contributed by atoms with Crippen LogP contribution in [-0.2, 0) is 19.1 Å². The second-order valence-electron chi connectivity index (χ2n) is 2.00. The third-order valence-electron chi connectivity index (χ3n) is 0.905. The molecule has 0 aliphatic rings. The van der Waals surface area contributed by atoms with Gasteiger partial charge in [0, 0.05) is 5.57 Å². The molecule has 0 bridgehead atoms. The third-order valence-corrected chi connectivity index (χ3v) is 2.02. The summed E-state index contributed by atoms with van der Waals surface area (Å²) in [4.78, 5) is 10.6. The molecule has 0 aromatic carbocycles. The Hall–Kier alpha value is -0.243. The molecule has 0 aromatic heterocycles. The quantitative estimate of drug-likeness (QED) is 0.279. The smallest absolute Gasteiger partial charge is 1.00 e. The van der Waals surface area contributed by atoms with Crippen molar-refractivity contribution < 1.29 is 37.7 Å². The first-order valence-electron chi connectivity index (χ1n) is 3.01. The van der Waals surface area contributed by atoms with Crippen LogP contribution in [0.5, 0.6) is 0 Å². The molecule has 0 spiro atoms. The number of carbonyl (C=O) groups excluding carboxylic acids is 1. The van der Waals surface area contributed by atoms with E-state index in [2.05, 4.69) is 10.8 Å². The van der Waals surface area contributed by atoms with Gasteiger partial charge in [0.15, 0.2) is 0 Å². The van der Waals surface area contributed by atoms with Crippen LogP contribution in [0.25, 0.3) is 0 Å². The minimum Gasteiger partial charge on any atom is -1.00 e. The summed E-state index contributed by atoms with van der Waals surface area (Å²) in [7, 11) is -3.67. The normalized spacial score (nSPS) is 9.83. The Kier molecular flexibility index (Phi) is 6.44. The van der Waals surface area contributed by atoms with E-state index in [1.807, 2.05) is 0 Å². The van der Waals surface area contributed by atoms with Gasteiger partial charge in [0.1, 0.15) is 0 Å². The average Bonchev–Trinajstić information content (AvgIpc) is 1.87. The SMILES string of the molecule is C=C(C)C(=O)OS(=O)(=O)CC.[H-].[Li+]. The fraction of sp³-hybridized carbons (Fsp3) is 0.500. The van der Waals surface area contributed by atoms with E-state index in [1.54, 1.807) is 0 Å². The van der Waals surface area contributed by atoms with Gasteiger partial charge < -0.3 is 5.61 Å². The largest absolute Gasteiger partial charge is 1.00 e. The number of hydrogen-bond donors (Lipinski definition) is 0. The summed E-state index contributed by atoms with van der Waals surface area (Å²) < 4.78 is 25.3. The standard InChI is InChI=1S/C6H10O4S.Li.H/c1-4-11(8,9)10-6(7)5(2)3;;/h2,4H2,1,3H3;;/q;+1;-1. The van der Waals surface area contributed by atoms with Crippen molar-refractivity contribution in [3.63, 3.8) is 0 Å². The molecule has 0 aromatic rings. The van der Waals surface area contributed by atoms with E-state index in [0.29, 0.717) is 0 Å². The van der Waals surface area contributed by atoms with Gasteiger partial charge in [-0.1, -0.05) is 6.58 Å². The Labute approximate surface area is 85.8 Å². The number of rotatable bonds is 3. The first kappa shape index (κ1) is 14.3. The van der Waals surface area contributed by atoms with E-state index in [9.17, 15) is 13.2 Å². The minimum atomic E-state index is -3.67. The first-order chi connectivity index (χ1) is 4.89. The van der Waals surface area contributed by atoms with Gasteiger partial charge in [-0.15, -0.1) is 0 Å². The molecule has 0 N–H and O–H groups in total. The van der Waals surface area contributed by atoms with Crippen molar-refractivity contribution in [1.29, 1.82) is 0 Å². The molecule has 0 saturated heterocycles. The zero-order valence-electron chi connectivity index (χ0n) is 8.46. The average molecular weight is 186 g/mol. The molecule has 0 amide bonds. The van der Waals surface area contributed by atoms with Crippen LogP contribution in [0.1, 0.15) is 15.3 Å². The third kappa shape index (κ3) is 5.41. The van der Waals surface area contributed by atoms with Gasteiger partial charge in [-0.3, -0.25) is 0 Å². The van der Waals surface area contributed by atoms with Crippen molar-refractivity contribution in [2.75, 3.05) is 5.75 Å². The molecule has 0 aliphatic heterocycles. The molecule has 12 heavy (non-hydrogen) atoms. The molecule has 0 fully saturated rings. The maximum Gasteiger partial charge on any atom is 1.00 e. The summed E-state index contributed by atoms with van der Waals surface area (Å²) in [5.74, 6) is -1.11. The van der Waals surface area contributed by atoms with Crippen molar-refractivity contribution in [2.45, 2.75) is 13.8 Å². The van der Waals surface area contributed by atoms with E-state index in [0.717, 1.165) is 0 Å². The molecule has 4 nitrogen and oxygen atoms in total. The maximum absolute atomic E-state index is 10.6. The molecule has 0 rings (SSSR count). The summed E-state index contributed by atoms with van der Waals surface area (Å²) in [6, 6.07) is 0. The number of carbonyl (C=O) groups is 1. The molecule has 0 radical (unpaired) electrons. The summed E-state index contributed by atoms with van der Waals surface area (Å²) in [6.45, 7) is 6.01. The second-order valence-corrected chi connectivity index (χ2v) is 3.86. The van der Waals surface area contributed by atoms with Crippen LogP contribution in [-0.4, -0.2) is 20.1 Å². The van der Waals surface area contributed by atoms with Crippen molar-refractivity contribution in [3.8, 4) is 0 Å².